The van der Waals surface area contributed by atoms with Gasteiger partial charge in [-0.1, -0.05) is 54.4 Å². The van der Waals surface area contributed by atoms with Crippen LogP contribution < -0.4 is 14.4 Å². The molecule has 8 nitrogen and oxygen atoms in total. The summed E-state index contributed by atoms with van der Waals surface area (Å²) < 4.78 is 34.4. The molecule has 42 heavy (non-hydrogen) atoms. The fraction of sp³-hybridized carbons (Fsp3) is 0.355. The largest absolute Gasteiger partial charge is 0.494 e. The standard InChI is InChI=1S/C31H37Cl2N3O5S/c1-6-28(30(38)34-31(3,4)5)35(20-22-13-14-23(32)19-27(22)33)29(37)21-36(24-15-17-25(18-16-24)41-7-2)42(39,40)26-11-9-8-10-12-26/h8-19,28H,6-7,20-21H2,1-5H3,(H,34,38)/t28-/m1/s1. The summed E-state index contributed by atoms with van der Waals surface area (Å²) in [6, 6.07) is 18.3. The number of carbonyl (C=O) groups is 2. The molecule has 3 rings (SSSR count). The van der Waals surface area contributed by atoms with E-state index < -0.39 is 34.1 Å². The zero-order valence-corrected chi connectivity index (χ0v) is 26.8. The molecule has 226 valence electrons. The van der Waals surface area contributed by atoms with Crippen LogP contribution >= 0.6 is 23.2 Å². The zero-order chi connectivity index (χ0) is 31.1. The molecule has 0 spiro atoms. The van der Waals surface area contributed by atoms with E-state index in [9.17, 15) is 18.0 Å². The summed E-state index contributed by atoms with van der Waals surface area (Å²) >= 11 is 12.6. The van der Waals surface area contributed by atoms with E-state index in [4.69, 9.17) is 27.9 Å². The van der Waals surface area contributed by atoms with Gasteiger partial charge >= 0.3 is 0 Å². The molecule has 1 atom stereocenters. The van der Waals surface area contributed by atoms with Gasteiger partial charge in [0.1, 0.15) is 18.3 Å². The van der Waals surface area contributed by atoms with Crippen LogP contribution in [0.15, 0.2) is 77.7 Å². The molecule has 0 unspecified atom stereocenters. The minimum Gasteiger partial charge on any atom is -0.494 e. The van der Waals surface area contributed by atoms with E-state index in [1.165, 1.54) is 17.0 Å². The molecule has 0 aliphatic heterocycles. The van der Waals surface area contributed by atoms with Gasteiger partial charge in [0.25, 0.3) is 10.0 Å². The van der Waals surface area contributed by atoms with Crippen molar-refractivity contribution in [2.45, 2.75) is 64.1 Å². The van der Waals surface area contributed by atoms with Gasteiger partial charge in [-0.2, -0.15) is 0 Å². The number of carbonyl (C=O) groups excluding carboxylic acids is 2. The first kappa shape index (κ1) is 33.2. The maximum Gasteiger partial charge on any atom is 0.264 e. The number of anilines is 1. The molecule has 0 aliphatic carbocycles. The van der Waals surface area contributed by atoms with Gasteiger partial charge in [0.15, 0.2) is 0 Å². The summed E-state index contributed by atoms with van der Waals surface area (Å²) in [5.41, 5.74) is 0.282. The first-order valence-electron chi connectivity index (χ1n) is 13.6. The van der Waals surface area contributed by atoms with Gasteiger partial charge in [0, 0.05) is 22.1 Å². The lowest BCUT2D eigenvalue weighted by Gasteiger charge is -2.35. The molecule has 0 radical (unpaired) electrons. The van der Waals surface area contributed by atoms with Crippen molar-refractivity contribution in [1.82, 2.24) is 10.2 Å². The van der Waals surface area contributed by atoms with E-state index in [1.807, 2.05) is 27.7 Å². The molecule has 0 heterocycles. The van der Waals surface area contributed by atoms with Gasteiger partial charge in [0.05, 0.1) is 17.2 Å². The summed E-state index contributed by atoms with van der Waals surface area (Å²) in [4.78, 5) is 29.0. The number of nitrogens with zero attached hydrogens (tertiary/aromatic N) is 2. The molecule has 0 saturated heterocycles. The minimum absolute atomic E-state index is 0.0245. The van der Waals surface area contributed by atoms with E-state index in [0.29, 0.717) is 28.0 Å². The van der Waals surface area contributed by atoms with E-state index in [1.54, 1.807) is 67.6 Å². The van der Waals surface area contributed by atoms with Crippen molar-refractivity contribution in [1.29, 1.82) is 0 Å². The monoisotopic (exact) mass is 633 g/mol. The average Bonchev–Trinajstić information content (AvgIpc) is 2.93. The van der Waals surface area contributed by atoms with Crippen molar-refractivity contribution in [3.05, 3.63) is 88.4 Å². The molecule has 0 saturated carbocycles. The number of nitrogens with one attached hydrogen (secondary N) is 1. The Balaban J connectivity index is 2.08. The predicted octanol–water partition coefficient (Wildman–Crippen LogP) is 6.31. The highest BCUT2D eigenvalue weighted by Gasteiger charge is 2.35. The van der Waals surface area contributed by atoms with Crippen molar-refractivity contribution >= 4 is 50.7 Å². The third-order valence-electron chi connectivity index (χ3n) is 6.29. The molecule has 2 amide bonds. The average molecular weight is 635 g/mol. The highest BCUT2D eigenvalue weighted by Crippen LogP contribution is 2.28. The molecule has 0 fully saturated rings. The van der Waals surface area contributed by atoms with Crippen molar-refractivity contribution in [2.24, 2.45) is 0 Å². The number of hydrogen-bond donors (Lipinski definition) is 1. The number of ether oxygens (including phenoxy) is 1. The quantitative estimate of drug-likeness (QED) is 0.252. The fourth-order valence-electron chi connectivity index (χ4n) is 4.33. The third-order valence-corrected chi connectivity index (χ3v) is 8.66. The van der Waals surface area contributed by atoms with Crippen molar-refractivity contribution in [2.75, 3.05) is 17.5 Å². The Morgan fingerprint density at radius 2 is 1.60 bits per heavy atom. The Morgan fingerprint density at radius 1 is 0.952 bits per heavy atom. The second kappa shape index (κ2) is 14.3. The number of halogens is 2. The SMILES string of the molecule is CCOc1ccc(N(CC(=O)N(Cc2ccc(Cl)cc2Cl)[C@H](CC)C(=O)NC(C)(C)C)S(=O)(=O)c2ccccc2)cc1. The summed E-state index contributed by atoms with van der Waals surface area (Å²) in [6.07, 6.45) is 0.285. The predicted molar refractivity (Wildman–Crippen MR) is 168 cm³/mol. The van der Waals surface area contributed by atoms with Gasteiger partial charge < -0.3 is 15.0 Å². The number of hydrogen-bond acceptors (Lipinski definition) is 5. The summed E-state index contributed by atoms with van der Waals surface area (Å²) in [5.74, 6) is -0.374. The van der Waals surface area contributed by atoms with Gasteiger partial charge in [-0.05, 0) is 88.2 Å². The van der Waals surface area contributed by atoms with Crippen LogP contribution in [0.1, 0.15) is 46.6 Å². The lowest BCUT2D eigenvalue weighted by Crippen LogP contribution is -2.55. The molecule has 0 aliphatic rings. The molecule has 3 aromatic carbocycles. The van der Waals surface area contributed by atoms with E-state index >= 15 is 0 Å². The summed E-state index contributed by atoms with van der Waals surface area (Å²) in [6.45, 7) is 9.03. The number of sulfonamides is 1. The van der Waals surface area contributed by atoms with Crippen LogP contribution in [0.2, 0.25) is 10.0 Å². The molecule has 1 N–H and O–H groups in total. The highest BCUT2D eigenvalue weighted by atomic mass is 35.5. The van der Waals surface area contributed by atoms with Crippen LogP contribution in [0.3, 0.4) is 0 Å². The van der Waals surface area contributed by atoms with Crippen molar-refractivity contribution < 1.29 is 22.7 Å². The molecule has 0 bridgehead atoms. The van der Waals surface area contributed by atoms with Crippen LogP contribution in [-0.2, 0) is 26.2 Å². The Morgan fingerprint density at radius 3 is 2.14 bits per heavy atom. The Labute approximate surface area is 258 Å². The molecular formula is C31H37Cl2N3O5S. The maximum atomic E-state index is 14.2. The first-order valence-corrected chi connectivity index (χ1v) is 15.8. The molecule has 0 aromatic heterocycles. The second-order valence-corrected chi connectivity index (χ2v) is 13.4. The second-order valence-electron chi connectivity index (χ2n) is 10.7. The number of rotatable bonds is 12. The van der Waals surface area contributed by atoms with Gasteiger partial charge in [-0.25, -0.2) is 8.42 Å². The van der Waals surface area contributed by atoms with Crippen molar-refractivity contribution in [3.8, 4) is 5.75 Å². The van der Waals surface area contributed by atoms with Crippen LogP contribution in [-0.4, -0.2) is 49.9 Å². The van der Waals surface area contributed by atoms with E-state index in [2.05, 4.69) is 5.32 Å². The normalized spacial score (nSPS) is 12.4. The molecular weight excluding hydrogens is 597 g/mol. The zero-order valence-electron chi connectivity index (χ0n) is 24.4. The summed E-state index contributed by atoms with van der Waals surface area (Å²) in [7, 11) is -4.18. The fourth-order valence-corrected chi connectivity index (χ4v) is 6.23. The smallest absolute Gasteiger partial charge is 0.264 e. The lowest BCUT2D eigenvalue weighted by atomic mass is 10.1. The van der Waals surface area contributed by atoms with Crippen molar-refractivity contribution in [3.63, 3.8) is 0 Å². The molecule has 11 heteroatoms. The van der Waals surface area contributed by atoms with Gasteiger partial charge in [-0.15, -0.1) is 0 Å². The van der Waals surface area contributed by atoms with Crippen LogP contribution in [0.4, 0.5) is 5.69 Å². The highest BCUT2D eigenvalue weighted by molar-refractivity contribution is 7.92. The minimum atomic E-state index is -4.18. The van der Waals surface area contributed by atoms with E-state index in [0.717, 1.165) is 4.31 Å². The maximum absolute atomic E-state index is 14.2. The van der Waals surface area contributed by atoms with Crippen LogP contribution in [0.5, 0.6) is 5.75 Å². The molecule has 3 aromatic rings. The topological polar surface area (TPSA) is 96.0 Å². The Bertz CT molecular complexity index is 1480. The summed E-state index contributed by atoms with van der Waals surface area (Å²) in [5, 5.41) is 3.69. The Kier molecular flexibility index (Phi) is 11.3. The lowest BCUT2D eigenvalue weighted by molar-refractivity contribution is -0.141. The number of amides is 2. The Hall–Kier alpha value is -3.27. The van der Waals surface area contributed by atoms with Crippen LogP contribution in [0.25, 0.3) is 0 Å². The number of benzene rings is 3. The third kappa shape index (κ3) is 8.63. The first-order chi connectivity index (χ1) is 19.8. The van der Waals surface area contributed by atoms with Crippen LogP contribution in [0, 0.1) is 0 Å². The van der Waals surface area contributed by atoms with Gasteiger partial charge in [-0.3, -0.25) is 13.9 Å². The van der Waals surface area contributed by atoms with E-state index in [-0.39, 0.29) is 29.5 Å². The van der Waals surface area contributed by atoms with Gasteiger partial charge in [0.2, 0.25) is 11.8 Å².